The Kier molecular flexibility index (Phi) is 17.5. The Morgan fingerprint density at radius 3 is 2.04 bits per heavy atom. The topological polar surface area (TPSA) is 190 Å². The van der Waals surface area contributed by atoms with Gasteiger partial charge in [0, 0.05) is 31.6 Å². The predicted octanol–water partition coefficient (Wildman–Crippen LogP) is 3.52. The zero-order valence-electron chi connectivity index (χ0n) is 27.7. The van der Waals surface area contributed by atoms with Crippen LogP contribution < -0.4 is 26.6 Å². The molecule has 0 aromatic heterocycles. The Bertz CT molecular complexity index is 1180. The van der Waals surface area contributed by atoms with Gasteiger partial charge in [0.1, 0.15) is 18.7 Å². The zero-order chi connectivity index (χ0) is 34.7. The van der Waals surface area contributed by atoms with Crippen molar-refractivity contribution in [3.05, 3.63) is 42.7 Å². The molecule has 0 spiro atoms. The van der Waals surface area contributed by atoms with Crippen LogP contribution in [0.5, 0.6) is 0 Å². The van der Waals surface area contributed by atoms with Crippen LogP contribution in [-0.2, 0) is 40.0 Å². The van der Waals surface area contributed by atoms with Gasteiger partial charge in [0.05, 0.1) is 12.9 Å². The molecule has 1 aromatic carbocycles. The number of carbonyl (C=O) groups is 6. The third kappa shape index (κ3) is 16.5. The molecular weight excluding hydrogens is 598 g/mol. The van der Waals surface area contributed by atoms with E-state index in [9.17, 15) is 28.8 Å². The van der Waals surface area contributed by atoms with E-state index in [-0.39, 0.29) is 50.3 Å². The molecule has 46 heavy (non-hydrogen) atoms. The average Bonchev–Trinajstić information content (AvgIpc) is 3.00. The Hall–Kier alpha value is -4.62. The third-order valence-corrected chi connectivity index (χ3v) is 6.82. The van der Waals surface area contributed by atoms with Crippen molar-refractivity contribution in [1.82, 2.24) is 21.3 Å². The van der Waals surface area contributed by atoms with Crippen LogP contribution in [-0.4, -0.2) is 67.7 Å². The van der Waals surface area contributed by atoms with Crippen LogP contribution in [0.25, 0.3) is 0 Å². The maximum atomic E-state index is 12.8. The van der Waals surface area contributed by atoms with Crippen LogP contribution >= 0.6 is 0 Å². The van der Waals surface area contributed by atoms with Crippen molar-refractivity contribution in [2.45, 2.75) is 85.9 Å². The van der Waals surface area contributed by atoms with Gasteiger partial charge in [-0.15, -0.1) is 0 Å². The van der Waals surface area contributed by atoms with Crippen molar-refractivity contribution < 1.29 is 43.0 Å². The second kappa shape index (κ2) is 20.4. The minimum absolute atomic E-state index is 0.0185. The maximum Gasteiger partial charge on any atom is 0.407 e. The predicted molar refractivity (Wildman–Crippen MR) is 171 cm³/mol. The van der Waals surface area contributed by atoms with Crippen molar-refractivity contribution in [2.24, 2.45) is 11.3 Å². The van der Waals surface area contributed by atoms with Crippen molar-refractivity contribution >= 4 is 41.6 Å². The highest BCUT2D eigenvalue weighted by atomic mass is 16.6. The number of ether oxygens (including phenoxy) is 3. The first-order valence-corrected chi connectivity index (χ1v) is 15.3. The van der Waals surface area contributed by atoms with Crippen LogP contribution in [0, 0.1) is 11.3 Å². The van der Waals surface area contributed by atoms with E-state index in [1.165, 1.54) is 6.92 Å². The van der Waals surface area contributed by atoms with E-state index in [0.29, 0.717) is 17.9 Å². The van der Waals surface area contributed by atoms with E-state index in [2.05, 4.69) is 37.9 Å². The standard InChI is InChI=1S/C32H49N5O9/c1-8-32(6,7)20-46-31(43)34-18-17-33-30(42)45-19-23-13-15-24(16-14-23)36-28(40)22(5)35-29(41)27(21(3)4)37-25(38)11-10-12-26(39)44-9-2/h9,13-16,21-22,27H,2,8,10-12,17-20H2,1,3-7H3,(H,33,42)(H,34,43)(H,35,41)(H,36,40)(H,37,38)/t22-,27-/m0/s1. The molecule has 1 rings (SSSR count). The highest BCUT2D eigenvalue weighted by molar-refractivity contribution is 5.98. The summed E-state index contributed by atoms with van der Waals surface area (Å²) in [5.41, 5.74) is 1.03. The summed E-state index contributed by atoms with van der Waals surface area (Å²) in [5, 5.41) is 13.1. The Labute approximate surface area is 270 Å². The molecule has 5 N–H and O–H groups in total. The van der Waals surface area contributed by atoms with Gasteiger partial charge in [-0.3, -0.25) is 19.2 Å². The number of hydrogen-bond donors (Lipinski definition) is 5. The highest BCUT2D eigenvalue weighted by Crippen LogP contribution is 2.19. The van der Waals surface area contributed by atoms with E-state index >= 15 is 0 Å². The molecule has 14 heteroatoms. The van der Waals surface area contributed by atoms with Crippen molar-refractivity contribution in [1.29, 1.82) is 0 Å². The molecule has 14 nitrogen and oxygen atoms in total. The minimum atomic E-state index is -0.912. The summed E-state index contributed by atoms with van der Waals surface area (Å²) < 4.78 is 14.9. The second-order valence-electron chi connectivity index (χ2n) is 11.7. The first-order chi connectivity index (χ1) is 21.7. The van der Waals surface area contributed by atoms with Crippen molar-refractivity contribution in [3.8, 4) is 0 Å². The summed E-state index contributed by atoms with van der Waals surface area (Å²) in [7, 11) is 0. The monoisotopic (exact) mass is 647 g/mol. The Morgan fingerprint density at radius 1 is 0.870 bits per heavy atom. The van der Waals surface area contributed by atoms with Gasteiger partial charge in [0.15, 0.2) is 0 Å². The molecule has 0 aliphatic heterocycles. The van der Waals surface area contributed by atoms with Crippen molar-refractivity contribution in [3.63, 3.8) is 0 Å². The normalized spacial score (nSPS) is 12.2. The van der Waals surface area contributed by atoms with E-state index in [1.807, 2.05) is 20.8 Å². The number of anilines is 1. The lowest BCUT2D eigenvalue weighted by Gasteiger charge is -2.24. The number of benzene rings is 1. The van der Waals surface area contributed by atoms with Gasteiger partial charge >= 0.3 is 18.2 Å². The molecule has 0 radical (unpaired) electrons. The van der Waals surface area contributed by atoms with Gasteiger partial charge in [-0.05, 0) is 48.8 Å². The van der Waals surface area contributed by atoms with Gasteiger partial charge in [-0.2, -0.15) is 0 Å². The molecule has 5 amide bonds. The van der Waals surface area contributed by atoms with Crippen molar-refractivity contribution in [2.75, 3.05) is 25.0 Å². The second-order valence-corrected chi connectivity index (χ2v) is 11.7. The molecule has 0 fully saturated rings. The lowest BCUT2D eigenvalue weighted by molar-refractivity contribution is -0.138. The Balaban J connectivity index is 2.43. The van der Waals surface area contributed by atoms with Gasteiger partial charge < -0.3 is 40.8 Å². The summed E-state index contributed by atoms with van der Waals surface area (Å²) in [6.07, 6.45) is 0.988. The molecule has 256 valence electrons. The number of hydrogen-bond acceptors (Lipinski definition) is 9. The SMILES string of the molecule is C=COC(=O)CCCC(=O)N[C@H](C(=O)N[C@@H](C)C(=O)Nc1ccc(COC(=O)NCCNC(=O)OCC(C)(C)CC)cc1)C(C)C. The molecular formula is C32H49N5O9. The van der Waals surface area contributed by atoms with Gasteiger partial charge in [0.2, 0.25) is 17.7 Å². The van der Waals surface area contributed by atoms with Crippen LogP contribution in [0.15, 0.2) is 37.1 Å². The molecule has 0 saturated heterocycles. The molecule has 0 aliphatic rings. The fourth-order valence-corrected chi connectivity index (χ4v) is 3.57. The van der Waals surface area contributed by atoms with E-state index in [0.717, 1.165) is 12.7 Å². The summed E-state index contributed by atoms with van der Waals surface area (Å²) in [6, 6.07) is 4.80. The number of rotatable bonds is 19. The first kappa shape index (κ1) is 39.4. The molecule has 0 saturated carbocycles. The molecule has 0 bridgehead atoms. The lowest BCUT2D eigenvalue weighted by atomic mass is 9.92. The molecule has 1 aromatic rings. The minimum Gasteiger partial charge on any atom is -0.449 e. The Morgan fingerprint density at radius 2 is 1.48 bits per heavy atom. The molecule has 0 heterocycles. The molecule has 0 aliphatic carbocycles. The quantitative estimate of drug-likeness (QED) is 0.0647. The number of amides is 5. The van der Waals surface area contributed by atoms with E-state index in [4.69, 9.17) is 9.47 Å². The molecule has 2 atom stereocenters. The average molecular weight is 648 g/mol. The summed E-state index contributed by atoms with van der Waals surface area (Å²) >= 11 is 0. The maximum absolute atomic E-state index is 12.8. The van der Waals surface area contributed by atoms with Crippen LogP contribution in [0.4, 0.5) is 15.3 Å². The smallest absolute Gasteiger partial charge is 0.407 e. The van der Waals surface area contributed by atoms with Crippen LogP contribution in [0.1, 0.15) is 72.8 Å². The van der Waals surface area contributed by atoms with Crippen LogP contribution in [0.3, 0.4) is 0 Å². The lowest BCUT2D eigenvalue weighted by Crippen LogP contribution is -2.53. The first-order valence-electron chi connectivity index (χ1n) is 15.3. The largest absolute Gasteiger partial charge is 0.449 e. The van der Waals surface area contributed by atoms with E-state index in [1.54, 1.807) is 38.1 Å². The summed E-state index contributed by atoms with van der Waals surface area (Å²) in [5.74, 6) is -2.15. The summed E-state index contributed by atoms with van der Waals surface area (Å²) in [4.78, 5) is 73.0. The fraction of sp³-hybridized carbons (Fsp3) is 0.562. The highest BCUT2D eigenvalue weighted by Gasteiger charge is 2.27. The number of esters is 1. The summed E-state index contributed by atoms with van der Waals surface area (Å²) in [6.45, 7) is 15.0. The number of carbonyl (C=O) groups excluding carboxylic acids is 6. The van der Waals surface area contributed by atoms with E-state index < -0.39 is 48.0 Å². The molecule has 0 unspecified atom stereocenters. The third-order valence-electron chi connectivity index (χ3n) is 6.82. The zero-order valence-corrected chi connectivity index (χ0v) is 27.7. The number of nitrogens with one attached hydrogen (secondary N) is 5. The van der Waals surface area contributed by atoms with Gasteiger partial charge in [0.25, 0.3) is 0 Å². The number of alkyl carbamates (subject to hydrolysis) is 2. The van der Waals surface area contributed by atoms with Gasteiger partial charge in [-0.1, -0.05) is 53.3 Å². The fourth-order valence-electron chi connectivity index (χ4n) is 3.57. The van der Waals surface area contributed by atoms with Gasteiger partial charge in [-0.25, -0.2) is 9.59 Å². The van der Waals surface area contributed by atoms with Crippen LogP contribution in [0.2, 0.25) is 0 Å².